The van der Waals surface area contributed by atoms with E-state index in [-0.39, 0.29) is 12.5 Å². The van der Waals surface area contributed by atoms with E-state index in [0.29, 0.717) is 17.0 Å². The third-order valence-electron chi connectivity index (χ3n) is 5.35. The van der Waals surface area contributed by atoms with Crippen LogP contribution in [0.5, 0.6) is 5.75 Å². The van der Waals surface area contributed by atoms with Crippen LogP contribution in [0.15, 0.2) is 65.8 Å². The van der Waals surface area contributed by atoms with Crippen LogP contribution in [-0.4, -0.2) is 30.5 Å². The molecule has 3 aromatic rings. The summed E-state index contributed by atoms with van der Waals surface area (Å²) in [6.07, 6.45) is 1.40. The van der Waals surface area contributed by atoms with Crippen LogP contribution in [0.3, 0.4) is 0 Å². The monoisotopic (exact) mass is 472 g/mol. The van der Waals surface area contributed by atoms with Crippen LogP contribution in [0.1, 0.15) is 27.8 Å². The molecule has 0 radical (unpaired) electrons. The maximum Gasteiger partial charge on any atom is 0.329 e. The van der Waals surface area contributed by atoms with Crippen LogP contribution >= 0.6 is 0 Å². The first-order chi connectivity index (χ1) is 16.7. The Morgan fingerprint density at radius 3 is 2.14 bits per heavy atom. The summed E-state index contributed by atoms with van der Waals surface area (Å²) in [4.78, 5) is 36.2. The van der Waals surface area contributed by atoms with Gasteiger partial charge in [0.25, 0.3) is 5.91 Å². The van der Waals surface area contributed by atoms with Gasteiger partial charge in [-0.3, -0.25) is 14.4 Å². The van der Waals surface area contributed by atoms with Gasteiger partial charge in [0.2, 0.25) is 0 Å². The molecular weight excluding hydrogens is 444 g/mol. The minimum atomic E-state index is -0.880. The van der Waals surface area contributed by atoms with E-state index in [0.717, 1.165) is 27.9 Å². The molecule has 3 aromatic carbocycles. The number of rotatable bonds is 7. The van der Waals surface area contributed by atoms with Gasteiger partial charge in [0.05, 0.1) is 6.21 Å². The SMILES string of the molecule is Cc1ccc(NC(=O)C(=O)N/N=C\c2ccc(OCC(=O)Nc3c(C)cccc3C)cc2)cc1C. The molecule has 0 spiro atoms. The zero-order valence-electron chi connectivity index (χ0n) is 20.1. The number of ether oxygens (including phenoxy) is 1. The van der Waals surface area contributed by atoms with Crippen molar-refractivity contribution in [2.75, 3.05) is 17.2 Å². The Morgan fingerprint density at radius 2 is 1.49 bits per heavy atom. The molecule has 0 aromatic heterocycles. The predicted octanol–water partition coefficient (Wildman–Crippen LogP) is 4.03. The number of nitrogens with one attached hydrogen (secondary N) is 3. The summed E-state index contributed by atoms with van der Waals surface area (Å²) < 4.78 is 5.54. The number of nitrogens with zero attached hydrogens (tertiary/aromatic N) is 1. The summed E-state index contributed by atoms with van der Waals surface area (Å²) in [6, 6.07) is 18.0. The summed E-state index contributed by atoms with van der Waals surface area (Å²) >= 11 is 0. The standard InChI is InChI=1S/C27H28N4O4/c1-17-8-11-22(14-20(17)4)29-26(33)27(34)31-28-15-21-9-12-23(13-10-21)35-16-24(32)30-25-18(2)6-5-7-19(25)3/h5-15H,16H2,1-4H3,(H,29,33)(H,30,32)(H,31,34)/b28-15-. The minimum Gasteiger partial charge on any atom is -0.484 e. The molecular formula is C27H28N4O4. The van der Waals surface area contributed by atoms with Crippen molar-refractivity contribution in [3.05, 3.63) is 88.5 Å². The van der Waals surface area contributed by atoms with E-state index < -0.39 is 11.8 Å². The van der Waals surface area contributed by atoms with Gasteiger partial charge in [0.1, 0.15) is 5.75 Å². The number of para-hydroxylation sites is 1. The molecule has 0 atom stereocenters. The predicted molar refractivity (Wildman–Crippen MR) is 137 cm³/mol. The van der Waals surface area contributed by atoms with Crippen molar-refractivity contribution in [2.45, 2.75) is 27.7 Å². The Morgan fingerprint density at radius 1 is 0.800 bits per heavy atom. The second kappa shape index (κ2) is 11.6. The van der Waals surface area contributed by atoms with Crippen LogP contribution < -0.4 is 20.8 Å². The maximum absolute atomic E-state index is 12.2. The average Bonchev–Trinajstić information content (AvgIpc) is 2.83. The third-order valence-corrected chi connectivity index (χ3v) is 5.35. The quantitative estimate of drug-likeness (QED) is 0.274. The Labute approximate surface area is 204 Å². The van der Waals surface area contributed by atoms with Gasteiger partial charge in [-0.2, -0.15) is 5.10 Å². The lowest BCUT2D eigenvalue weighted by atomic mass is 10.1. The number of hydrogen-bond acceptors (Lipinski definition) is 5. The number of carbonyl (C=O) groups is 3. The molecule has 8 heteroatoms. The van der Waals surface area contributed by atoms with Crippen LogP contribution in [-0.2, 0) is 14.4 Å². The summed E-state index contributed by atoms with van der Waals surface area (Å²) in [7, 11) is 0. The van der Waals surface area contributed by atoms with Crippen LogP contribution in [0.4, 0.5) is 11.4 Å². The van der Waals surface area contributed by atoms with Gasteiger partial charge in [-0.15, -0.1) is 0 Å². The fraction of sp³-hybridized carbons (Fsp3) is 0.185. The van der Waals surface area contributed by atoms with Crippen molar-refractivity contribution >= 4 is 35.3 Å². The lowest BCUT2D eigenvalue weighted by molar-refractivity contribution is -0.136. The van der Waals surface area contributed by atoms with E-state index in [1.165, 1.54) is 6.21 Å². The van der Waals surface area contributed by atoms with Crippen molar-refractivity contribution in [1.29, 1.82) is 0 Å². The summed E-state index contributed by atoms with van der Waals surface area (Å²) in [6.45, 7) is 7.62. The second-order valence-electron chi connectivity index (χ2n) is 8.12. The second-order valence-corrected chi connectivity index (χ2v) is 8.12. The first-order valence-corrected chi connectivity index (χ1v) is 11.0. The van der Waals surface area contributed by atoms with Gasteiger partial charge in [0.15, 0.2) is 6.61 Å². The Balaban J connectivity index is 1.45. The highest BCUT2D eigenvalue weighted by Crippen LogP contribution is 2.19. The Kier molecular flexibility index (Phi) is 8.34. The molecule has 0 heterocycles. The van der Waals surface area contributed by atoms with Gasteiger partial charge in [-0.1, -0.05) is 24.3 Å². The lowest BCUT2D eigenvalue weighted by Gasteiger charge is -2.12. The fourth-order valence-corrected chi connectivity index (χ4v) is 3.21. The van der Waals surface area contributed by atoms with Crippen LogP contribution in [0.2, 0.25) is 0 Å². The summed E-state index contributed by atoms with van der Waals surface area (Å²) in [5.74, 6) is -1.44. The molecule has 35 heavy (non-hydrogen) atoms. The van der Waals surface area contributed by atoms with Crippen molar-refractivity contribution in [1.82, 2.24) is 5.43 Å². The molecule has 0 fully saturated rings. The van der Waals surface area contributed by atoms with E-state index in [1.807, 2.05) is 52.0 Å². The number of aryl methyl sites for hydroxylation is 4. The fourth-order valence-electron chi connectivity index (χ4n) is 3.21. The minimum absolute atomic E-state index is 0.132. The molecule has 0 bridgehead atoms. The summed E-state index contributed by atoms with van der Waals surface area (Å²) in [5, 5.41) is 9.22. The normalized spacial score (nSPS) is 10.6. The number of amides is 3. The topological polar surface area (TPSA) is 109 Å². The molecule has 0 saturated carbocycles. The van der Waals surface area contributed by atoms with Gasteiger partial charge in [0, 0.05) is 11.4 Å². The molecule has 0 saturated heterocycles. The molecule has 0 aliphatic heterocycles. The molecule has 3 rings (SSSR count). The molecule has 180 valence electrons. The zero-order valence-corrected chi connectivity index (χ0v) is 20.1. The van der Waals surface area contributed by atoms with Gasteiger partial charge in [-0.05, 0) is 91.9 Å². The average molecular weight is 473 g/mol. The molecule has 8 nitrogen and oxygen atoms in total. The maximum atomic E-state index is 12.2. The van der Waals surface area contributed by atoms with E-state index in [1.54, 1.807) is 36.4 Å². The van der Waals surface area contributed by atoms with Crippen molar-refractivity contribution in [3.63, 3.8) is 0 Å². The first-order valence-electron chi connectivity index (χ1n) is 11.0. The lowest BCUT2D eigenvalue weighted by Crippen LogP contribution is -2.32. The summed E-state index contributed by atoms with van der Waals surface area (Å²) in [5.41, 5.74) is 8.27. The molecule has 3 N–H and O–H groups in total. The zero-order chi connectivity index (χ0) is 25.4. The number of hydrazone groups is 1. The highest BCUT2D eigenvalue weighted by atomic mass is 16.5. The van der Waals surface area contributed by atoms with Crippen molar-refractivity contribution in [2.24, 2.45) is 5.10 Å². The van der Waals surface area contributed by atoms with E-state index in [9.17, 15) is 14.4 Å². The number of carbonyl (C=O) groups excluding carboxylic acids is 3. The van der Waals surface area contributed by atoms with E-state index in [2.05, 4.69) is 21.2 Å². The largest absolute Gasteiger partial charge is 0.484 e. The Bertz CT molecular complexity index is 1250. The highest BCUT2D eigenvalue weighted by Gasteiger charge is 2.13. The first kappa shape index (κ1) is 25.2. The number of benzene rings is 3. The van der Waals surface area contributed by atoms with Crippen LogP contribution in [0, 0.1) is 27.7 Å². The number of hydrogen-bond donors (Lipinski definition) is 3. The molecule has 0 unspecified atom stereocenters. The van der Waals surface area contributed by atoms with Gasteiger partial charge >= 0.3 is 11.8 Å². The van der Waals surface area contributed by atoms with Crippen molar-refractivity contribution in [3.8, 4) is 5.75 Å². The van der Waals surface area contributed by atoms with Crippen LogP contribution in [0.25, 0.3) is 0 Å². The van der Waals surface area contributed by atoms with Gasteiger partial charge < -0.3 is 15.4 Å². The van der Waals surface area contributed by atoms with E-state index in [4.69, 9.17) is 4.74 Å². The van der Waals surface area contributed by atoms with E-state index >= 15 is 0 Å². The smallest absolute Gasteiger partial charge is 0.329 e. The third kappa shape index (κ3) is 7.26. The molecule has 3 amide bonds. The molecule has 0 aliphatic carbocycles. The highest BCUT2D eigenvalue weighted by molar-refractivity contribution is 6.39. The van der Waals surface area contributed by atoms with Gasteiger partial charge in [-0.25, -0.2) is 5.43 Å². The molecule has 0 aliphatic rings. The Hall–Kier alpha value is -4.46. The number of anilines is 2. The van der Waals surface area contributed by atoms with Crippen molar-refractivity contribution < 1.29 is 19.1 Å².